The minimum absolute atomic E-state index is 0.0231. The molecule has 0 unspecified atom stereocenters. The topological polar surface area (TPSA) is 37.4 Å². The third-order valence-electron chi connectivity index (χ3n) is 0.991. The molecule has 0 saturated carbocycles. The van der Waals surface area contributed by atoms with Crippen LogP contribution in [0.4, 0.5) is 4.48 Å². The molecule has 0 aromatic carbocycles. The first-order valence-electron chi connectivity index (χ1n) is 2.23. The zero-order valence-corrected chi connectivity index (χ0v) is 4.06. The molecule has 0 aliphatic carbocycles. The van der Waals surface area contributed by atoms with Crippen molar-refractivity contribution in [3.63, 3.8) is 0 Å². The summed E-state index contributed by atoms with van der Waals surface area (Å²) < 4.78 is 11.8. The number of rotatable bonds is 0. The van der Waals surface area contributed by atoms with Crippen LogP contribution in [0.2, 0.25) is 0 Å². The monoisotopic (exact) mass is 117 g/mol. The third-order valence-corrected chi connectivity index (χ3v) is 0.991. The Morgan fingerprint density at radius 3 is 1.75 bits per heavy atom. The summed E-state index contributed by atoms with van der Waals surface area (Å²) in [5.41, 5.74) is 0. The quantitative estimate of drug-likeness (QED) is 0.331. The first-order valence-corrected chi connectivity index (χ1v) is 2.23. The molecular weight excluding hydrogens is 113 g/mol. The Bertz CT molecular complexity index is 129. The molecule has 8 heavy (non-hydrogen) atoms. The van der Waals surface area contributed by atoms with E-state index >= 15 is 0 Å². The summed E-state index contributed by atoms with van der Waals surface area (Å²) in [5.74, 6) is -1.45. The number of imide groups is 1. The maximum atomic E-state index is 11.8. The number of hydrogen-bond acceptors (Lipinski definition) is 2. The van der Waals surface area contributed by atoms with Crippen LogP contribution in [0.15, 0.2) is 0 Å². The van der Waals surface area contributed by atoms with Gasteiger partial charge < -0.3 is 0 Å². The van der Waals surface area contributed by atoms with Crippen LogP contribution in [0.3, 0.4) is 0 Å². The Hall–Kier alpha value is -0.930. The smallest absolute Gasteiger partial charge is 0.258 e. The molecule has 44 valence electrons. The van der Waals surface area contributed by atoms with Gasteiger partial charge in [0.05, 0.1) is 0 Å². The lowest BCUT2D eigenvalue weighted by molar-refractivity contribution is -0.154. The normalized spacial score (nSPS) is 20.4. The van der Waals surface area contributed by atoms with Crippen molar-refractivity contribution in [3.05, 3.63) is 0 Å². The summed E-state index contributed by atoms with van der Waals surface area (Å²) in [6.07, 6.45) is 0.0463. The van der Waals surface area contributed by atoms with Gasteiger partial charge in [0.15, 0.2) is 0 Å². The Morgan fingerprint density at radius 1 is 1.25 bits per heavy atom. The molecular formula is C4H4FNO2. The largest absolute Gasteiger partial charge is 0.272 e. The maximum Gasteiger partial charge on any atom is 0.258 e. The van der Waals surface area contributed by atoms with Crippen molar-refractivity contribution < 1.29 is 14.1 Å². The van der Waals surface area contributed by atoms with E-state index in [0.29, 0.717) is 0 Å². The van der Waals surface area contributed by atoms with E-state index in [-0.39, 0.29) is 18.0 Å². The summed E-state index contributed by atoms with van der Waals surface area (Å²) in [4.78, 5) is 20.2. The van der Waals surface area contributed by atoms with E-state index in [1.165, 1.54) is 0 Å². The maximum absolute atomic E-state index is 11.8. The first kappa shape index (κ1) is 5.21. The number of carbonyl (C=O) groups excluding carboxylic acids is 2. The van der Waals surface area contributed by atoms with Gasteiger partial charge in [-0.25, -0.2) is 0 Å². The fourth-order valence-corrected chi connectivity index (χ4v) is 0.549. The molecule has 0 bridgehead atoms. The zero-order valence-electron chi connectivity index (χ0n) is 4.06. The van der Waals surface area contributed by atoms with Gasteiger partial charge in [-0.1, -0.05) is 4.48 Å². The average molecular weight is 117 g/mol. The van der Waals surface area contributed by atoms with Crippen LogP contribution in [-0.4, -0.2) is 16.9 Å². The van der Waals surface area contributed by atoms with Gasteiger partial charge in [0, 0.05) is 12.8 Å². The van der Waals surface area contributed by atoms with Crippen LogP contribution < -0.4 is 0 Å². The zero-order chi connectivity index (χ0) is 6.15. The average Bonchev–Trinajstić information content (AvgIpc) is 1.98. The summed E-state index contributed by atoms with van der Waals surface area (Å²) in [5, 5.41) is -0.333. The summed E-state index contributed by atoms with van der Waals surface area (Å²) in [7, 11) is 0. The number of nitrogens with zero attached hydrogens (tertiary/aromatic N) is 1. The van der Waals surface area contributed by atoms with Crippen LogP contribution in [0, 0.1) is 0 Å². The molecule has 2 amide bonds. The van der Waals surface area contributed by atoms with Crippen molar-refractivity contribution in [2.75, 3.05) is 0 Å². The van der Waals surface area contributed by atoms with Crippen LogP contribution in [-0.2, 0) is 9.59 Å². The highest BCUT2D eigenvalue weighted by atomic mass is 19.2. The van der Waals surface area contributed by atoms with E-state index in [1.54, 1.807) is 0 Å². The van der Waals surface area contributed by atoms with Gasteiger partial charge in [-0.15, -0.1) is 5.12 Å². The van der Waals surface area contributed by atoms with E-state index in [1.807, 2.05) is 0 Å². The van der Waals surface area contributed by atoms with Crippen molar-refractivity contribution >= 4 is 11.8 Å². The minimum Gasteiger partial charge on any atom is -0.272 e. The molecule has 1 rings (SSSR count). The molecule has 1 aliphatic rings. The Labute approximate surface area is 45.0 Å². The number of hydrogen-bond donors (Lipinski definition) is 0. The van der Waals surface area contributed by atoms with Crippen molar-refractivity contribution in [2.24, 2.45) is 0 Å². The van der Waals surface area contributed by atoms with Gasteiger partial charge in [-0.2, -0.15) is 0 Å². The Kier molecular flexibility index (Phi) is 1.00. The number of halogens is 1. The second kappa shape index (κ2) is 1.54. The molecule has 0 radical (unpaired) electrons. The molecule has 4 heteroatoms. The number of carbonyl (C=O) groups is 2. The highest BCUT2D eigenvalue weighted by Gasteiger charge is 2.28. The highest BCUT2D eigenvalue weighted by molar-refractivity contribution is 6.00. The Morgan fingerprint density at radius 2 is 1.62 bits per heavy atom. The van der Waals surface area contributed by atoms with E-state index in [0.717, 1.165) is 0 Å². The molecule has 1 saturated heterocycles. The van der Waals surface area contributed by atoms with Gasteiger partial charge in [0.25, 0.3) is 11.8 Å². The van der Waals surface area contributed by atoms with Crippen molar-refractivity contribution in [3.8, 4) is 0 Å². The summed E-state index contributed by atoms with van der Waals surface area (Å²) in [6.45, 7) is 0. The van der Waals surface area contributed by atoms with E-state index in [2.05, 4.69) is 0 Å². The van der Waals surface area contributed by atoms with Crippen LogP contribution in [0.1, 0.15) is 12.8 Å². The predicted molar refractivity (Wildman–Crippen MR) is 22.2 cm³/mol. The van der Waals surface area contributed by atoms with Gasteiger partial charge in [0.2, 0.25) is 0 Å². The van der Waals surface area contributed by atoms with E-state index in [4.69, 9.17) is 0 Å². The van der Waals surface area contributed by atoms with Crippen molar-refractivity contribution in [2.45, 2.75) is 12.8 Å². The van der Waals surface area contributed by atoms with E-state index in [9.17, 15) is 14.1 Å². The molecule has 0 N–H and O–H groups in total. The van der Waals surface area contributed by atoms with Crippen molar-refractivity contribution in [1.29, 1.82) is 0 Å². The molecule has 3 nitrogen and oxygen atoms in total. The molecule has 1 aliphatic heterocycles. The number of amides is 2. The standard InChI is InChI=1S/C4H4FNO2/c5-6-3(7)1-2-4(6)8/h1-2H2. The first-order chi connectivity index (χ1) is 3.72. The second-order valence-electron chi connectivity index (χ2n) is 1.57. The lowest BCUT2D eigenvalue weighted by atomic mass is 10.4. The van der Waals surface area contributed by atoms with Crippen LogP contribution in [0.5, 0.6) is 0 Å². The molecule has 1 heterocycles. The lowest BCUT2D eigenvalue weighted by Crippen LogP contribution is -2.18. The third kappa shape index (κ3) is 0.576. The second-order valence-corrected chi connectivity index (χ2v) is 1.57. The fourth-order valence-electron chi connectivity index (χ4n) is 0.549. The molecule has 1 fully saturated rings. The molecule has 0 aromatic heterocycles. The Balaban J connectivity index is 2.70. The van der Waals surface area contributed by atoms with Gasteiger partial charge in [-0.3, -0.25) is 9.59 Å². The van der Waals surface area contributed by atoms with E-state index < -0.39 is 11.8 Å². The molecule has 0 aromatic rings. The highest BCUT2D eigenvalue weighted by Crippen LogP contribution is 2.10. The predicted octanol–water partition coefficient (Wildman–Crippen LogP) is 0.0199. The summed E-state index contributed by atoms with van der Waals surface area (Å²) in [6, 6.07) is 0. The SMILES string of the molecule is O=C1CCC(=O)N1F. The molecule has 0 atom stereocenters. The molecule has 0 spiro atoms. The minimum atomic E-state index is -0.727. The van der Waals surface area contributed by atoms with Crippen molar-refractivity contribution in [1.82, 2.24) is 5.12 Å². The van der Waals surface area contributed by atoms with Gasteiger partial charge >= 0.3 is 0 Å². The van der Waals surface area contributed by atoms with Crippen LogP contribution in [0.25, 0.3) is 0 Å². The lowest BCUT2D eigenvalue weighted by Gasteiger charge is -1.93. The fraction of sp³-hybridized carbons (Fsp3) is 0.500. The van der Waals surface area contributed by atoms with Gasteiger partial charge in [-0.05, 0) is 0 Å². The van der Waals surface area contributed by atoms with Gasteiger partial charge in [0.1, 0.15) is 0 Å². The summed E-state index contributed by atoms with van der Waals surface area (Å²) >= 11 is 0. The van der Waals surface area contributed by atoms with Crippen LogP contribution >= 0.6 is 0 Å².